The molecule has 0 bridgehead atoms. The number of rotatable bonds is 9. The lowest BCUT2D eigenvalue weighted by atomic mass is 9.85. The topological polar surface area (TPSA) is 105 Å². The van der Waals surface area contributed by atoms with Gasteiger partial charge in [-0.1, -0.05) is 43.7 Å². The molecule has 2 aromatic rings. The maximum absolute atomic E-state index is 11.4. The lowest BCUT2D eigenvalue weighted by Crippen LogP contribution is -2.61. The zero-order chi connectivity index (χ0) is 24.0. The van der Waals surface area contributed by atoms with Crippen LogP contribution in [0.15, 0.2) is 28.9 Å². The minimum absolute atomic E-state index is 0.284. The smallest absolute Gasteiger partial charge is 0.328 e. The van der Waals surface area contributed by atoms with Gasteiger partial charge >= 0.3 is 5.97 Å². The predicted molar refractivity (Wildman–Crippen MR) is 132 cm³/mol. The quantitative estimate of drug-likeness (QED) is 0.534. The van der Waals surface area contributed by atoms with Gasteiger partial charge in [0.2, 0.25) is 5.82 Å². The Balaban J connectivity index is 1.17. The summed E-state index contributed by atoms with van der Waals surface area (Å²) in [7, 11) is 0. The molecule has 0 aromatic carbocycles. The minimum Gasteiger partial charge on any atom is -0.478 e. The number of nitrogens with zero attached hydrogens (tertiary/aromatic N) is 5. The maximum Gasteiger partial charge on any atom is 0.328 e. The molecule has 3 fully saturated rings. The van der Waals surface area contributed by atoms with E-state index in [2.05, 4.69) is 24.9 Å². The van der Waals surface area contributed by atoms with Gasteiger partial charge in [-0.3, -0.25) is 4.90 Å². The van der Waals surface area contributed by atoms with E-state index >= 15 is 0 Å². The maximum atomic E-state index is 11.4. The summed E-state index contributed by atoms with van der Waals surface area (Å²) in [6, 6.07) is 4.50. The van der Waals surface area contributed by atoms with Crippen molar-refractivity contribution in [1.82, 2.24) is 20.0 Å². The number of hydrogen-bond acceptors (Lipinski definition) is 8. The fraction of sp³-hybridized carbons (Fsp3) is 0.615. The van der Waals surface area contributed by atoms with Crippen LogP contribution in [0.5, 0.6) is 0 Å². The summed E-state index contributed by atoms with van der Waals surface area (Å²) in [4.78, 5) is 25.3. The molecule has 0 spiro atoms. The van der Waals surface area contributed by atoms with Gasteiger partial charge in [0.05, 0.1) is 13.2 Å². The number of carboxylic acids is 1. The molecule has 4 heterocycles. The number of hydrogen-bond donors (Lipinski definition) is 1. The van der Waals surface area contributed by atoms with Crippen LogP contribution in [0.4, 0.5) is 5.82 Å². The molecule has 1 saturated carbocycles. The van der Waals surface area contributed by atoms with Gasteiger partial charge in [0, 0.05) is 55.6 Å². The molecule has 1 aliphatic carbocycles. The van der Waals surface area contributed by atoms with E-state index in [1.165, 1.54) is 38.2 Å². The molecule has 9 heteroatoms. The van der Waals surface area contributed by atoms with E-state index in [1.54, 1.807) is 6.20 Å². The third kappa shape index (κ3) is 6.08. The van der Waals surface area contributed by atoms with Crippen LogP contribution < -0.4 is 4.90 Å². The van der Waals surface area contributed by atoms with E-state index in [0.717, 1.165) is 69.5 Å². The standard InChI is InChI=1S/C26H35N5O4/c32-24(33)15-20(8-4-7-19-5-2-1-3-6-19)26-28-25(29-35-26)21-9-10-23(27-16-21)31-17-22(18-31)30-11-13-34-14-12-30/h9-10,15-16,19,22H,1-8,11-14,17-18H2,(H,32,33)/b20-15+. The van der Waals surface area contributed by atoms with Gasteiger partial charge in [-0.25, -0.2) is 9.78 Å². The average molecular weight is 482 g/mol. The third-order valence-electron chi connectivity index (χ3n) is 7.54. The van der Waals surface area contributed by atoms with Crippen molar-refractivity contribution in [2.75, 3.05) is 44.3 Å². The summed E-state index contributed by atoms with van der Waals surface area (Å²) < 4.78 is 10.9. The zero-order valence-electron chi connectivity index (χ0n) is 20.3. The van der Waals surface area contributed by atoms with Crippen LogP contribution >= 0.6 is 0 Å². The highest BCUT2D eigenvalue weighted by Crippen LogP contribution is 2.30. The molecule has 2 aromatic heterocycles. The molecular formula is C26H35N5O4. The highest BCUT2D eigenvalue weighted by Gasteiger charge is 2.33. The average Bonchev–Trinajstić information content (AvgIpc) is 3.34. The number of allylic oxidation sites excluding steroid dienone is 1. The zero-order valence-corrected chi connectivity index (χ0v) is 20.3. The molecule has 3 aliphatic rings. The molecule has 2 saturated heterocycles. The molecule has 188 valence electrons. The Hall–Kier alpha value is -2.78. The number of aliphatic carboxylic acids is 1. The summed E-state index contributed by atoms with van der Waals surface area (Å²) >= 11 is 0. The summed E-state index contributed by atoms with van der Waals surface area (Å²) in [5, 5.41) is 13.4. The number of anilines is 1. The number of pyridine rings is 1. The van der Waals surface area contributed by atoms with Crippen molar-refractivity contribution in [3.05, 3.63) is 30.3 Å². The first kappa shape index (κ1) is 23.9. The van der Waals surface area contributed by atoms with Crippen molar-refractivity contribution < 1.29 is 19.2 Å². The normalized spacial score (nSPS) is 20.7. The van der Waals surface area contributed by atoms with E-state index in [0.29, 0.717) is 23.9 Å². The SMILES string of the molecule is O=C(O)/C=C(\CCCC1CCCCC1)c1nc(-c2ccc(N3CC(N4CCOCC4)C3)nc2)no1. The van der Waals surface area contributed by atoms with Crippen molar-refractivity contribution in [2.45, 2.75) is 57.4 Å². The fourth-order valence-electron chi connectivity index (χ4n) is 5.44. The van der Waals surface area contributed by atoms with Gasteiger partial charge in [-0.15, -0.1) is 0 Å². The van der Waals surface area contributed by atoms with Gasteiger partial charge in [0.25, 0.3) is 5.89 Å². The van der Waals surface area contributed by atoms with Crippen molar-refractivity contribution >= 4 is 17.4 Å². The van der Waals surface area contributed by atoms with Gasteiger partial charge in [0.1, 0.15) is 5.82 Å². The Bertz CT molecular complexity index is 1000. The van der Waals surface area contributed by atoms with Crippen LogP contribution in [0.3, 0.4) is 0 Å². The van der Waals surface area contributed by atoms with Crippen LogP contribution in [-0.2, 0) is 9.53 Å². The van der Waals surface area contributed by atoms with E-state index < -0.39 is 5.97 Å². The Morgan fingerprint density at radius 1 is 1.14 bits per heavy atom. The Morgan fingerprint density at radius 3 is 2.66 bits per heavy atom. The van der Waals surface area contributed by atoms with Crippen LogP contribution in [0.2, 0.25) is 0 Å². The fourth-order valence-corrected chi connectivity index (χ4v) is 5.44. The highest BCUT2D eigenvalue weighted by molar-refractivity contribution is 5.88. The van der Waals surface area contributed by atoms with Crippen LogP contribution in [-0.4, -0.2) is 76.5 Å². The van der Waals surface area contributed by atoms with Gasteiger partial charge in [0.15, 0.2) is 0 Å². The molecule has 2 aliphatic heterocycles. The summed E-state index contributed by atoms with van der Waals surface area (Å²) in [6.45, 7) is 5.60. The molecule has 0 amide bonds. The second-order valence-corrected chi connectivity index (χ2v) is 9.94. The van der Waals surface area contributed by atoms with Crippen molar-refractivity contribution in [1.29, 1.82) is 0 Å². The van der Waals surface area contributed by atoms with E-state index in [4.69, 9.17) is 9.26 Å². The molecule has 0 atom stereocenters. The molecule has 5 rings (SSSR count). The molecule has 1 N–H and O–H groups in total. The number of carbonyl (C=O) groups is 1. The van der Waals surface area contributed by atoms with Gasteiger partial charge in [-0.2, -0.15) is 4.98 Å². The van der Waals surface area contributed by atoms with Gasteiger partial charge < -0.3 is 19.3 Å². The Kier molecular flexibility index (Phi) is 7.73. The first-order valence-corrected chi connectivity index (χ1v) is 13.0. The lowest BCUT2D eigenvalue weighted by molar-refractivity contribution is -0.131. The Morgan fingerprint density at radius 2 is 1.94 bits per heavy atom. The first-order valence-electron chi connectivity index (χ1n) is 13.0. The Labute approximate surface area is 206 Å². The van der Waals surface area contributed by atoms with Crippen molar-refractivity contribution in [2.24, 2.45) is 5.92 Å². The number of aromatic nitrogens is 3. The summed E-state index contributed by atoms with van der Waals surface area (Å²) in [6.07, 6.45) is 12.2. The monoisotopic (exact) mass is 481 g/mol. The lowest BCUT2D eigenvalue weighted by Gasteiger charge is -2.47. The summed E-state index contributed by atoms with van der Waals surface area (Å²) in [5.41, 5.74) is 1.34. The predicted octanol–water partition coefficient (Wildman–Crippen LogP) is 3.87. The molecule has 35 heavy (non-hydrogen) atoms. The minimum atomic E-state index is -0.992. The first-order chi connectivity index (χ1) is 17.2. The van der Waals surface area contributed by atoms with Gasteiger partial charge in [-0.05, 0) is 30.9 Å². The second-order valence-electron chi connectivity index (χ2n) is 9.94. The van der Waals surface area contributed by atoms with E-state index in [-0.39, 0.29) is 5.89 Å². The van der Waals surface area contributed by atoms with Crippen LogP contribution in [0.25, 0.3) is 17.0 Å². The van der Waals surface area contributed by atoms with Crippen LogP contribution in [0.1, 0.15) is 57.3 Å². The van der Waals surface area contributed by atoms with E-state index in [9.17, 15) is 9.90 Å². The summed E-state index contributed by atoms with van der Waals surface area (Å²) in [5.74, 6) is 1.42. The van der Waals surface area contributed by atoms with Crippen LogP contribution in [0, 0.1) is 5.92 Å². The highest BCUT2D eigenvalue weighted by atomic mass is 16.5. The molecule has 0 unspecified atom stereocenters. The molecular weight excluding hydrogens is 446 g/mol. The molecule has 0 radical (unpaired) electrons. The third-order valence-corrected chi connectivity index (χ3v) is 7.54. The van der Waals surface area contributed by atoms with Crippen molar-refractivity contribution in [3.63, 3.8) is 0 Å². The largest absolute Gasteiger partial charge is 0.478 e. The van der Waals surface area contributed by atoms with E-state index in [1.807, 2.05) is 12.1 Å². The number of morpholine rings is 1. The number of carboxylic acid groups (broad SMARTS) is 1. The number of ether oxygens (including phenoxy) is 1. The second kappa shape index (κ2) is 11.3. The molecule has 9 nitrogen and oxygen atoms in total. The van der Waals surface area contributed by atoms with Crippen molar-refractivity contribution in [3.8, 4) is 11.4 Å².